The van der Waals surface area contributed by atoms with Gasteiger partial charge in [0.2, 0.25) is 5.91 Å². The monoisotopic (exact) mass is 428 g/mol. The maximum absolute atomic E-state index is 12.9. The molecule has 10 heteroatoms. The van der Waals surface area contributed by atoms with Gasteiger partial charge in [-0.2, -0.15) is 8.78 Å². The Bertz CT molecular complexity index is 710. The fraction of sp³-hybridized carbons (Fsp3) is 0.600. The van der Waals surface area contributed by atoms with Crippen LogP contribution in [0, 0.1) is 0 Å². The van der Waals surface area contributed by atoms with Crippen molar-refractivity contribution in [2.45, 2.75) is 39.0 Å². The van der Waals surface area contributed by atoms with E-state index in [1.807, 2.05) is 0 Å². The number of carbonyl (C=O) groups excluding carboxylic acids is 1. The van der Waals surface area contributed by atoms with Gasteiger partial charge in [-0.1, -0.05) is 12.1 Å². The summed E-state index contributed by atoms with van der Waals surface area (Å²) in [7, 11) is 3.32. The zero-order valence-corrected chi connectivity index (χ0v) is 17.6. The molecule has 1 aromatic rings. The molecule has 1 heterocycles. The molecule has 0 bridgehead atoms. The van der Waals surface area contributed by atoms with Crippen LogP contribution in [0.2, 0.25) is 0 Å². The number of ether oxygens (including phenoxy) is 3. The molecule has 0 aromatic heterocycles. The first-order valence-corrected chi connectivity index (χ1v) is 9.94. The molecule has 1 amide bonds. The van der Waals surface area contributed by atoms with Gasteiger partial charge in [-0.3, -0.25) is 4.79 Å². The number of guanidine groups is 1. The molecular weight excluding hydrogens is 398 g/mol. The van der Waals surface area contributed by atoms with E-state index in [0.29, 0.717) is 24.7 Å². The minimum Gasteiger partial charge on any atom is -0.490 e. The van der Waals surface area contributed by atoms with Crippen LogP contribution in [0.25, 0.3) is 0 Å². The third-order valence-corrected chi connectivity index (χ3v) is 4.40. The second kappa shape index (κ2) is 12.2. The molecule has 1 aliphatic rings. The van der Waals surface area contributed by atoms with Crippen molar-refractivity contribution >= 4 is 11.9 Å². The average Bonchev–Trinajstić information content (AvgIpc) is 3.22. The van der Waals surface area contributed by atoms with Crippen molar-refractivity contribution < 1.29 is 27.8 Å². The van der Waals surface area contributed by atoms with Crippen LogP contribution in [-0.4, -0.2) is 69.9 Å². The van der Waals surface area contributed by atoms with E-state index >= 15 is 0 Å². The minimum atomic E-state index is -2.98. The predicted molar refractivity (Wildman–Crippen MR) is 109 cm³/mol. The van der Waals surface area contributed by atoms with E-state index in [1.54, 1.807) is 39.2 Å². The Labute approximate surface area is 175 Å². The van der Waals surface area contributed by atoms with Crippen LogP contribution < -0.4 is 20.1 Å². The number of hydrogen-bond donors (Lipinski definition) is 2. The minimum absolute atomic E-state index is 0.0408. The molecule has 2 rings (SSSR count). The van der Waals surface area contributed by atoms with Gasteiger partial charge in [-0.25, -0.2) is 4.99 Å². The molecule has 1 aromatic carbocycles. The van der Waals surface area contributed by atoms with Crippen LogP contribution in [0.1, 0.15) is 25.3 Å². The van der Waals surface area contributed by atoms with Crippen molar-refractivity contribution in [3.8, 4) is 11.5 Å². The number of carbonyl (C=O) groups is 1. The summed E-state index contributed by atoms with van der Waals surface area (Å²) in [6, 6.07) is 4.90. The zero-order valence-electron chi connectivity index (χ0n) is 17.6. The smallest absolute Gasteiger partial charge is 0.387 e. The fourth-order valence-corrected chi connectivity index (χ4v) is 2.85. The van der Waals surface area contributed by atoms with Crippen LogP contribution in [0.3, 0.4) is 0 Å². The second-order valence-corrected chi connectivity index (χ2v) is 6.88. The summed E-state index contributed by atoms with van der Waals surface area (Å²) in [5, 5.41) is 6.12. The Hall–Kier alpha value is -2.62. The summed E-state index contributed by atoms with van der Waals surface area (Å²) >= 11 is 0. The quantitative estimate of drug-likeness (QED) is 0.438. The fourth-order valence-electron chi connectivity index (χ4n) is 2.85. The van der Waals surface area contributed by atoms with Crippen LogP contribution in [0.5, 0.6) is 11.5 Å². The number of amides is 1. The Morgan fingerprint density at radius 2 is 2.17 bits per heavy atom. The van der Waals surface area contributed by atoms with E-state index < -0.39 is 6.61 Å². The van der Waals surface area contributed by atoms with Crippen molar-refractivity contribution in [3.63, 3.8) is 0 Å². The standard InChI is InChI=1S/C20H30F2N4O4/c1-4-28-16-9-5-7-14(18(16)30-19(21)22)11-23-20(25-13-17(27)26(2)3)24-12-15-8-6-10-29-15/h5,7,9,15,19H,4,6,8,10-13H2,1-3H3,(H2,23,24,25). The van der Waals surface area contributed by atoms with E-state index in [-0.39, 0.29) is 36.6 Å². The van der Waals surface area contributed by atoms with Crippen LogP contribution in [-0.2, 0) is 16.1 Å². The lowest BCUT2D eigenvalue weighted by atomic mass is 10.2. The topological polar surface area (TPSA) is 84.4 Å². The number of alkyl halides is 2. The van der Waals surface area contributed by atoms with E-state index in [9.17, 15) is 13.6 Å². The maximum Gasteiger partial charge on any atom is 0.387 e. The molecule has 1 fully saturated rings. The molecule has 0 spiro atoms. The first kappa shape index (κ1) is 23.7. The highest BCUT2D eigenvalue weighted by Crippen LogP contribution is 2.33. The molecule has 30 heavy (non-hydrogen) atoms. The molecule has 1 unspecified atom stereocenters. The molecule has 1 aliphatic heterocycles. The molecular formula is C20H30F2N4O4. The number of nitrogens with one attached hydrogen (secondary N) is 2. The highest BCUT2D eigenvalue weighted by atomic mass is 19.3. The predicted octanol–water partition coefficient (Wildman–Crippen LogP) is 1.99. The summed E-state index contributed by atoms with van der Waals surface area (Å²) in [6.07, 6.45) is 2.02. The summed E-state index contributed by atoms with van der Waals surface area (Å²) in [6.45, 7) is 0.446. The Morgan fingerprint density at radius 3 is 2.80 bits per heavy atom. The molecule has 2 N–H and O–H groups in total. The van der Waals surface area contributed by atoms with Crippen molar-refractivity contribution in [1.82, 2.24) is 15.5 Å². The highest BCUT2D eigenvalue weighted by molar-refractivity contribution is 5.86. The first-order valence-electron chi connectivity index (χ1n) is 9.94. The van der Waals surface area contributed by atoms with Crippen molar-refractivity contribution in [2.24, 2.45) is 4.99 Å². The van der Waals surface area contributed by atoms with E-state index in [1.165, 1.54) is 4.90 Å². The van der Waals surface area contributed by atoms with Crippen LogP contribution in [0.4, 0.5) is 8.78 Å². The van der Waals surface area contributed by atoms with Gasteiger partial charge in [0.05, 0.1) is 25.8 Å². The third kappa shape index (κ3) is 7.66. The average molecular weight is 428 g/mol. The third-order valence-electron chi connectivity index (χ3n) is 4.40. The van der Waals surface area contributed by atoms with E-state index in [4.69, 9.17) is 9.47 Å². The molecule has 1 saturated heterocycles. The summed E-state index contributed by atoms with van der Waals surface area (Å²) in [4.78, 5) is 17.8. The van der Waals surface area contributed by atoms with Gasteiger partial charge in [0, 0.05) is 32.8 Å². The zero-order chi connectivity index (χ0) is 21.9. The molecule has 0 radical (unpaired) electrons. The van der Waals surface area contributed by atoms with E-state index in [2.05, 4.69) is 20.4 Å². The lowest BCUT2D eigenvalue weighted by Gasteiger charge is -2.18. The van der Waals surface area contributed by atoms with Crippen molar-refractivity contribution in [1.29, 1.82) is 0 Å². The molecule has 0 aliphatic carbocycles. The number of nitrogens with zero attached hydrogens (tertiary/aromatic N) is 2. The van der Waals surface area contributed by atoms with Crippen molar-refractivity contribution in [2.75, 3.05) is 40.4 Å². The van der Waals surface area contributed by atoms with Gasteiger partial charge in [0.25, 0.3) is 0 Å². The van der Waals surface area contributed by atoms with Gasteiger partial charge in [-0.05, 0) is 25.8 Å². The van der Waals surface area contributed by atoms with Gasteiger partial charge in [-0.15, -0.1) is 0 Å². The number of benzene rings is 1. The molecule has 0 saturated carbocycles. The lowest BCUT2D eigenvalue weighted by molar-refractivity contribution is -0.127. The number of para-hydroxylation sites is 1. The van der Waals surface area contributed by atoms with Crippen LogP contribution >= 0.6 is 0 Å². The van der Waals surface area contributed by atoms with Gasteiger partial charge < -0.3 is 29.7 Å². The van der Waals surface area contributed by atoms with Crippen molar-refractivity contribution in [3.05, 3.63) is 23.8 Å². The lowest BCUT2D eigenvalue weighted by Crippen LogP contribution is -2.45. The normalized spacial score (nSPS) is 16.5. The maximum atomic E-state index is 12.9. The number of hydrogen-bond acceptors (Lipinski definition) is 5. The number of rotatable bonds is 10. The second-order valence-electron chi connectivity index (χ2n) is 6.88. The number of aliphatic imine (C=N–C) groups is 1. The molecule has 8 nitrogen and oxygen atoms in total. The Kier molecular flexibility index (Phi) is 9.59. The Balaban J connectivity index is 2.15. The first-order chi connectivity index (χ1) is 14.4. The number of likely N-dealkylation sites (N-methyl/N-ethyl adjacent to an activating group) is 1. The van der Waals surface area contributed by atoms with Crippen LogP contribution in [0.15, 0.2) is 23.2 Å². The Morgan fingerprint density at radius 1 is 1.37 bits per heavy atom. The van der Waals surface area contributed by atoms with Gasteiger partial charge in [0.1, 0.15) is 0 Å². The largest absolute Gasteiger partial charge is 0.490 e. The van der Waals surface area contributed by atoms with Gasteiger partial charge >= 0.3 is 6.61 Å². The summed E-state index contributed by atoms with van der Waals surface area (Å²) in [5.41, 5.74) is 0.443. The molecule has 1 atom stereocenters. The summed E-state index contributed by atoms with van der Waals surface area (Å²) in [5.74, 6) is 0.447. The number of halogens is 2. The summed E-state index contributed by atoms with van der Waals surface area (Å²) < 4.78 is 41.5. The van der Waals surface area contributed by atoms with Gasteiger partial charge in [0.15, 0.2) is 17.5 Å². The SMILES string of the molecule is CCOc1cccc(CN=C(NCC(=O)N(C)C)NCC2CCCO2)c1OC(F)F. The molecule has 168 valence electrons. The highest BCUT2D eigenvalue weighted by Gasteiger charge is 2.18. The van der Waals surface area contributed by atoms with E-state index in [0.717, 1.165) is 19.4 Å².